The van der Waals surface area contributed by atoms with Gasteiger partial charge in [0.2, 0.25) is 0 Å². The molecule has 4 heterocycles. The predicted molar refractivity (Wildman–Crippen MR) is 193 cm³/mol. The number of rotatable bonds is 4. The first-order chi connectivity index (χ1) is 22.1. The lowest BCUT2D eigenvalue weighted by Crippen LogP contribution is -2.15. The van der Waals surface area contributed by atoms with Crippen LogP contribution in [0.1, 0.15) is 48.2 Å². The lowest BCUT2D eigenvalue weighted by molar-refractivity contribution is -0.139. The molecule has 0 bridgehead atoms. The number of aromatic nitrogens is 4. The van der Waals surface area contributed by atoms with Gasteiger partial charge < -0.3 is 11.1 Å². The molecule has 2 unspecified atom stereocenters. The SMILES string of the molecule is CC(N)c1ccccc1C(F)(F)F.CC(Nc1ncnc2cc(I)sc12)c1ccccc1C(F)(F)F.Clc1ncnc2cc(I)sc12. The van der Waals surface area contributed by atoms with Crippen molar-refractivity contribution >= 4 is 106 Å². The molecule has 2 atom stereocenters. The Morgan fingerprint density at radius 2 is 1.19 bits per heavy atom. The molecule has 6 nitrogen and oxygen atoms in total. The highest BCUT2D eigenvalue weighted by molar-refractivity contribution is 14.1. The third-order valence-electron chi connectivity index (χ3n) is 6.36. The number of alkyl halides is 6. The summed E-state index contributed by atoms with van der Waals surface area (Å²) in [5.74, 6) is 0.549. The van der Waals surface area contributed by atoms with Crippen LogP contribution in [0.3, 0.4) is 0 Å². The van der Waals surface area contributed by atoms with Crippen LogP contribution in [0.15, 0.2) is 73.3 Å². The van der Waals surface area contributed by atoms with Crippen molar-refractivity contribution in [1.29, 1.82) is 0 Å². The monoisotopic (exact) mass is 934 g/mol. The van der Waals surface area contributed by atoms with Crippen LogP contribution in [0.5, 0.6) is 0 Å². The van der Waals surface area contributed by atoms with Crippen LogP contribution in [0.4, 0.5) is 32.2 Å². The number of halogens is 9. The van der Waals surface area contributed by atoms with E-state index in [1.54, 1.807) is 30.4 Å². The van der Waals surface area contributed by atoms with Crippen LogP contribution in [-0.4, -0.2) is 19.9 Å². The minimum absolute atomic E-state index is 0.134. The van der Waals surface area contributed by atoms with Gasteiger partial charge in [0.1, 0.15) is 23.6 Å². The molecular formula is C30H23ClF6I2N6S2. The first kappa shape index (κ1) is 37.4. The Hall–Kier alpha value is -2.39. The molecule has 47 heavy (non-hydrogen) atoms. The van der Waals surface area contributed by atoms with Gasteiger partial charge in [-0.2, -0.15) is 26.3 Å². The number of anilines is 1. The van der Waals surface area contributed by atoms with E-state index in [0.717, 1.165) is 35.4 Å². The molecule has 6 rings (SSSR count). The van der Waals surface area contributed by atoms with Gasteiger partial charge in [-0.15, -0.1) is 22.7 Å². The number of nitrogens with zero attached hydrogens (tertiary/aromatic N) is 4. The Balaban J connectivity index is 0.000000176. The molecule has 0 spiro atoms. The van der Waals surface area contributed by atoms with Gasteiger partial charge in [-0.1, -0.05) is 48.0 Å². The van der Waals surface area contributed by atoms with Crippen molar-refractivity contribution in [2.75, 3.05) is 5.32 Å². The molecule has 0 aliphatic rings. The van der Waals surface area contributed by atoms with Gasteiger partial charge in [-0.05, 0) is 94.4 Å². The quantitative estimate of drug-likeness (QED) is 0.104. The lowest BCUT2D eigenvalue weighted by atomic mass is 10.0. The van der Waals surface area contributed by atoms with Gasteiger partial charge in [0.05, 0.1) is 43.4 Å². The van der Waals surface area contributed by atoms with Crippen molar-refractivity contribution < 1.29 is 26.3 Å². The minimum atomic E-state index is -4.38. The van der Waals surface area contributed by atoms with Crippen molar-refractivity contribution in [2.45, 2.75) is 38.3 Å². The lowest BCUT2D eigenvalue weighted by Gasteiger charge is -2.20. The molecule has 6 aromatic rings. The third kappa shape index (κ3) is 9.84. The first-order valence-corrected chi connectivity index (χ1v) is 17.5. The van der Waals surface area contributed by atoms with Crippen LogP contribution < -0.4 is 11.1 Å². The Kier molecular flexibility index (Phi) is 12.6. The van der Waals surface area contributed by atoms with Crippen molar-refractivity contribution in [1.82, 2.24) is 19.9 Å². The number of nitrogens with two attached hydrogens (primary N) is 1. The van der Waals surface area contributed by atoms with E-state index >= 15 is 0 Å². The van der Waals surface area contributed by atoms with Crippen molar-refractivity contribution in [3.63, 3.8) is 0 Å². The average molecular weight is 935 g/mol. The highest BCUT2D eigenvalue weighted by atomic mass is 127. The second kappa shape index (κ2) is 15.9. The highest BCUT2D eigenvalue weighted by Gasteiger charge is 2.35. The molecule has 0 saturated heterocycles. The summed E-state index contributed by atoms with van der Waals surface area (Å²) in [5.41, 5.74) is 6.17. The van der Waals surface area contributed by atoms with Gasteiger partial charge in [0, 0.05) is 6.04 Å². The molecule has 0 aliphatic heterocycles. The normalized spacial score (nSPS) is 12.9. The summed E-state index contributed by atoms with van der Waals surface area (Å²) in [6, 6.07) is 13.7. The zero-order valence-corrected chi connectivity index (χ0v) is 30.9. The molecule has 0 amide bonds. The van der Waals surface area contributed by atoms with E-state index in [9.17, 15) is 26.3 Å². The zero-order chi connectivity index (χ0) is 34.5. The fourth-order valence-corrected chi connectivity index (χ4v) is 7.97. The number of hydrogen-bond donors (Lipinski definition) is 2. The second-order valence-corrected chi connectivity index (χ2v) is 16.0. The van der Waals surface area contributed by atoms with Gasteiger partial charge in [-0.25, -0.2) is 19.9 Å². The second-order valence-electron chi connectivity index (χ2n) is 9.74. The standard InChI is InChI=1S/C15H11F3IN3S.C9H10F3N.C6H2ClIN2S/c1-8(9-4-2-3-5-10(9)15(16,17)18)22-14-13-11(20-7-21-14)6-12(19)23-13;1-6(13)7-4-2-3-5-8(7)9(10,11)12;7-6-5-3(9-2-10-6)1-4(8)11-5/h2-8H,1H3,(H,20,21,22);2-6H,13H2,1H3;1-2H. The smallest absolute Gasteiger partial charge is 0.362 e. The Labute approximate surface area is 305 Å². The first-order valence-electron chi connectivity index (χ1n) is 13.4. The number of nitrogens with one attached hydrogen (secondary N) is 1. The minimum Gasteiger partial charge on any atom is -0.362 e. The fourth-order valence-electron chi connectivity index (χ4n) is 4.29. The van der Waals surface area contributed by atoms with Gasteiger partial charge in [0.15, 0.2) is 0 Å². The summed E-state index contributed by atoms with van der Waals surface area (Å²) in [4.78, 5) is 16.3. The maximum Gasteiger partial charge on any atom is 0.416 e. The molecule has 4 aromatic heterocycles. The Bertz CT molecular complexity index is 1970. The molecule has 2 aromatic carbocycles. The Morgan fingerprint density at radius 3 is 1.70 bits per heavy atom. The van der Waals surface area contributed by atoms with E-state index in [-0.39, 0.29) is 11.1 Å². The highest BCUT2D eigenvalue weighted by Crippen LogP contribution is 2.37. The van der Waals surface area contributed by atoms with Gasteiger partial charge in [0.25, 0.3) is 0 Å². The van der Waals surface area contributed by atoms with Crippen molar-refractivity contribution in [3.8, 4) is 0 Å². The van der Waals surface area contributed by atoms with Crippen LogP contribution in [0, 0.1) is 5.77 Å². The third-order valence-corrected chi connectivity index (χ3v) is 10.5. The number of thiophene rings is 2. The van der Waals surface area contributed by atoms with E-state index in [1.807, 2.05) is 12.1 Å². The summed E-state index contributed by atoms with van der Waals surface area (Å²) < 4.78 is 80.6. The number of benzene rings is 2. The Morgan fingerprint density at radius 1 is 0.723 bits per heavy atom. The largest absolute Gasteiger partial charge is 0.416 e. The molecule has 3 N–H and O–H groups in total. The average Bonchev–Trinajstić information content (AvgIpc) is 3.59. The summed E-state index contributed by atoms with van der Waals surface area (Å²) in [5, 5.41) is 3.63. The topological polar surface area (TPSA) is 89.6 Å². The molecule has 0 radical (unpaired) electrons. The molecule has 0 saturated carbocycles. The maximum atomic E-state index is 13.2. The van der Waals surface area contributed by atoms with Gasteiger partial charge >= 0.3 is 12.4 Å². The number of hydrogen-bond acceptors (Lipinski definition) is 8. The van der Waals surface area contributed by atoms with Crippen LogP contribution in [0.2, 0.25) is 5.15 Å². The van der Waals surface area contributed by atoms with Gasteiger partial charge in [-0.3, -0.25) is 0 Å². The predicted octanol–water partition coefficient (Wildman–Crippen LogP) is 11.2. The molecular weight excluding hydrogens is 912 g/mol. The number of fused-ring (bicyclic) bond motifs is 2. The van der Waals surface area contributed by atoms with E-state index in [1.165, 1.54) is 58.1 Å². The zero-order valence-electron chi connectivity index (χ0n) is 24.2. The van der Waals surface area contributed by atoms with Crippen molar-refractivity contribution in [2.24, 2.45) is 5.73 Å². The van der Waals surface area contributed by atoms with Crippen LogP contribution >= 0.6 is 79.5 Å². The van der Waals surface area contributed by atoms with Crippen molar-refractivity contribution in [3.05, 3.63) is 106 Å². The van der Waals surface area contributed by atoms with E-state index < -0.39 is 35.6 Å². The van der Waals surface area contributed by atoms with E-state index in [2.05, 4.69) is 70.4 Å². The molecule has 0 fully saturated rings. The maximum absolute atomic E-state index is 13.2. The summed E-state index contributed by atoms with van der Waals surface area (Å²) >= 11 is 13.4. The van der Waals surface area contributed by atoms with Crippen LogP contribution in [0.25, 0.3) is 20.4 Å². The summed E-state index contributed by atoms with van der Waals surface area (Å²) in [7, 11) is 0. The molecule has 248 valence electrons. The van der Waals surface area contributed by atoms with Crippen LogP contribution in [-0.2, 0) is 12.4 Å². The van der Waals surface area contributed by atoms with E-state index in [0.29, 0.717) is 11.0 Å². The fraction of sp³-hybridized carbons (Fsp3) is 0.200. The molecule has 0 aliphatic carbocycles. The summed E-state index contributed by atoms with van der Waals surface area (Å²) in [6.45, 7) is 3.22. The molecule has 17 heteroatoms. The summed E-state index contributed by atoms with van der Waals surface area (Å²) in [6.07, 6.45) is -5.81. The van der Waals surface area contributed by atoms with E-state index in [4.69, 9.17) is 17.3 Å².